The van der Waals surface area contributed by atoms with Gasteiger partial charge in [-0.1, -0.05) is 30.3 Å². The normalized spacial score (nSPS) is 16.5. The molecule has 5 rings (SSSR count). The van der Waals surface area contributed by atoms with E-state index < -0.39 is 0 Å². The first-order valence-electron chi connectivity index (χ1n) is 10.4. The molecule has 0 bridgehead atoms. The molecule has 0 aliphatic carbocycles. The van der Waals surface area contributed by atoms with Crippen LogP contribution in [0.15, 0.2) is 71.7 Å². The molecule has 0 radical (unpaired) electrons. The highest BCUT2D eigenvalue weighted by Gasteiger charge is 2.24. The average molecular weight is 433 g/mol. The highest BCUT2D eigenvalue weighted by molar-refractivity contribution is 7.07. The smallest absolute Gasteiger partial charge is 0.240 e. The Morgan fingerprint density at radius 2 is 2.03 bits per heavy atom. The van der Waals surface area contributed by atoms with Gasteiger partial charge in [0.05, 0.1) is 17.4 Å². The second-order valence-corrected chi connectivity index (χ2v) is 8.50. The van der Waals surface area contributed by atoms with Crippen LogP contribution in [0.5, 0.6) is 5.75 Å². The lowest BCUT2D eigenvalue weighted by Gasteiger charge is -2.23. The molecule has 1 aliphatic rings. The summed E-state index contributed by atoms with van der Waals surface area (Å²) in [6.07, 6.45) is 1.71. The van der Waals surface area contributed by atoms with E-state index in [1.807, 2.05) is 47.0 Å². The molecule has 2 aromatic heterocycles. The van der Waals surface area contributed by atoms with E-state index in [9.17, 15) is 4.79 Å². The van der Waals surface area contributed by atoms with Crippen LogP contribution in [-0.2, 0) is 17.9 Å². The van der Waals surface area contributed by atoms with Gasteiger partial charge in [0, 0.05) is 37.3 Å². The number of imidazole rings is 1. The van der Waals surface area contributed by atoms with E-state index in [1.165, 1.54) is 11.1 Å². The summed E-state index contributed by atoms with van der Waals surface area (Å²) in [7, 11) is 0. The third kappa shape index (κ3) is 4.47. The topological polar surface area (TPSA) is 59.4 Å². The van der Waals surface area contributed by atoms with Crippen LogP contribution in [0.4, 0.5) is 0 Å². The van der Waals surface area contributed by atoms with Gasteiger partial charge in [0.1, 0.15) is 18.4 Å². The van der Waals surface area contributed by atoms with Crippen LogP contribution in [-0.4, -0.2) is 40.0 Å². The summed E-state index contributed by atoms with van der Waals surface area (Å²) < 4.78 is 8.22. The molecule has 4 aromatic rings. The van der Waals surface area contributed by atoms with Crippen LogP contribution in [0.1, 0.15) is 17.2 Å². The minimum absolute atomic E-state index is 0.0102. The van der Waals surface area contributed by atoms with Gasteiger partial charge in [-0.15, -0.1) is 0 Å². The van der Waals surface area contributed by atoms with E-state index in [4.69, 9.17) is 4.74 Å². The van der Waals surface area contributed by atoms with Gasteiger partial charge in [-0.2, -0.15) is 11.3 Å². The van der Waals surface area contributed by atoms with Crippen LogP contribution in [0.2, 0.25) is 0 Å². The van der Waals surface area contributed by atoms with Gasteiger partial charge in [-0.05, 0) is 35.0 Å². The molecule has 3 heterocycles. The number of aromatic nitrogens is 2. The second kappa shape index (κ2) is 8.91. The van der Waals surface area contributed by atoms with Gasteiger partial charge >= 0.3 is 0 Å². The number of nitrogens with one attached hydrogen (secondary N) is 1. The Morgan fingerprint density at radius 3 is 2.94 bits per heavy atom. The van der Waals surface area contributed by atoms with Crippen molar-refractivity contribution >= 4 is 28.3 Å². The molecule has 0 saturated heterocycles. The van der Waals surface area contributed by atoms with Crippen molar-refractivity contribution in [3.8, 4) is 5.75 Å². The number of carbonyl (C=O) groups excluding carboxylic acids is 1. The first-order chi connectivity index (χ1) is 15.3. The van der Waals surface area contributed by atoms with E-state index in [0.717, 1.165) is 36.4 Å². The summed E-state index contributed by atoms with van der Waals surface area (Å²) >= 11 is 1.68. The number of carbonyl (C=O) groups is 1. The van der Waals surface area contributed by atoms with Crippen molar-refractivity contribution in [1.82, 2.24) is 19.8 Å². The molecule has 1 N–H and O–H groups in total. The maximum absolute atomic E-state index is 12.5. The number of para-hydroxylation sites is 3. The molecular weight excluding hydrogens is 408 g/mol. The van der Waals surface area contributed by atoms with Crippen molar-refractivity contribution in [3.05, 3.63) is 82.8 Å². The summed E-state index contributed by atoms with van der Waals surface area (Å²) in [6, 6.07) is 18.2. The van der Waals surface area contributed by atoms with E-state index >= 15 is 0 Å². The number of hydrogen-bond donors (Lipinski definition) is 1. The zero-order valence-electron chi connectivity index (χ0n) is 17.1. The van der Waals surface area contributed by atoms with Crippen molar-refractivity contribution in [1.29, 1.82) is 0 Å². The fourth-order valence-electron chi connectivity index (χ4n) is 3.98. The average Bonchev–Trinajstić information content (AvgIpc) is 3.41. The number of thiophene rings is 1. The Morgan fingerprint density at radius 1 is 1.16 bits per heavy atom. The molecule has 158 valence electrons. The number of hydrogen-bond acceptors (Lipinski definition) is 5. The number of benzene rings is 2. The van der Waals surface area contributed by atoms with Crippen molar-refractivity contribution in [2.24, 2.45) is 0 Å². The SMILES string of the molecule is O=C(Cn1cnc2ccccc21)NCCN1Cc2ccccc2OC(c2ccsc2)C1. The maximum Gasteiger partial charge on any atom is 0.240 e. The second-order valence-electron chi connectivity index (χ2n) is 7.72. The summed E-state index contributed by atoms with van der Waals surface area (Å²) in [6.45, 7) is 3.20. The van der Waals surface area contributed by atoms with Crippen LogP contribution >= 0.6 is 11.3 Å². The molecule has 2 aromatic carbocycles. The largest absolute Gasteiger partial charge is 0.484 e. The highest BCUT2D eigenvalue weighted by Crippen LogP contribution is 2.31. The molecular formula is C24H24N4O2S. The van der Waals surface area contributed by atoms with Gasteiger partial charge < -0.3 is 14.6 Å². The summed E-state index contributed by atoms with van der Waals surface area (Å²) in [5.41, 5.74) is 4.25. The van der Waals surface area contributed by atoms with Crippen molar-refractivity contribution in [2.45, 2.75) is 19.2 Å². The molecule has 1 amide bonds. The van der Waals surface area contributed by atoms with Crippen molar-refractivity contribution in [3.63, 3.8) is 0 Å². The number of fused-ring (bicyclic) bond motifs is 2. The van der Waals surface area contributed by atoms with Gasteiger partial charge in [-0.25, -0.2) is 4.98 Å². The fraction of sp³-hybridized carbons (Fsp3) is 0.250. The Kier molecular flexibility index (Phi) is 5.69. The van der Waals surface area contributed by atoms with Crippen LogP contribution in [0.25, 0.3) is 11.0 Å². The van der Waals surface area contributed by atoms with Crippen LogP contribution in [0.3, 0.4) is 0 Å². The van der Waals surface area contributed by atoms with E-state index in [1.54, 1.807) is 17.7 Å². The third-order valence-electron chi connectivity index (χ3n) is 5.57. The van der Waals surface area contributed by atoms with Gasteiger partial charge in [0.15, 0.2) is 0 Å². The minimum Gasteiger partial charge on any atom is -0.484 e. The first kappa shape index (κ1) is 19.8. The molecule has 0 spiro atoms. The van der Waals surface area contributed by atoms with E-state index in [-0.39, 0.29) is 18.6 Å². The van der Waals surface area contributed by atoms with E-state index in [0.29, 0.717) is 6.54 Å². The zero-order chi connectivity index (χ0) is 21.0. The minimum atomic E-state index is -0.0112. The molecule has 1 unspecified atom stereocenters. The van der Waals surface area contributed by atoms with E-state index in [2.05, 4.69) is 38.1 Å². The third-order valence-corrected chi connectivity index (χ3v) is 6.27. The van der Waals surface area contributed by atoms with Gasteiger partial charge in [-0.3, -0.25) is 9.69 Å². The Balaban J connectivity index is 1.21. The molecule has 0 saturated carbocycles. The Labute approximate surface area is 185 Å². The molecule has 31 heavy (non-hydrogen) atoms. The maximum atomic E-state index is 12.5. The zero-order valence-corrected chi connectivity index (χ0v) is 17.9. The van der Waals surface area contributed by atoms with Gasteiger partial charge in [0.25, 0.3) is 0 Å². The quantitative estimate of drug-likeness (QED) is 0.503. The highest BCUT2D eigenvalue weighted by atomic mass is 32.1. The predicted molar refractivity (Wildman–Crippen MR) is 122 cm³/mol. The summed E-state index contributed by atoms with van der Waals surface area (Å²) in [4.78, 5) is 19.2. The lowest BCUT2D eigenvalue weighted by atomic mass is 10.2. The number of rotatable bonds is 6. The molecule has 1 atom stereocenters. The fourth-order valence-corrected chi connectivity index (χ4v) is 4.68. The lowest BCUT2D eigenvalue weighted by Crippen LogP contribution is -2.37. The lowest BCUT2D eigenvalue weighted by molar-refractivity contribution is -0.121. The predicted octanol–water partition coefficient (Wildman–Crippen LogP) is 3.85. The molecule has 1 aliphatic heterocycles. The van der Waals surface area contributed by atoms with Gasteiger partial charge in [0.2, 0.25) is 5.91 Å². The standard InChI is InChI=1S/C24H24N4O2S/c29-24(15-28-17-26-20-6-2-3-7-21(20)28)25-10-11-27-13-18-5-1-4-8-22(18)30-23(14-27)19-9-12-31-16-19/h1-9,12,16-17,23H,10-11,13-15H2,(H,25,29). The Bertz CT molecular complexity index is 1170. The Hall–Kier alpha value is -3.16. The van der Waals surface area contributed by atoms with Crippen molar-refractivity contribution in [2.75, 3.05) is 19.6 Å². The molecule has 6 nitrogen and oxygen atoms in total. The monoisotopic (exact) mass is 432 g/mol. The first-order valence-corrected chi connectivity index (χ1v) is 11.4. The summed E-state index contributed by atoms with van der Waals surface area (Å²) in [5.74, 6) is 0.932. The number of amides is 1. The molecule has 7 heteroatoms. The number of nitrogens with zero attached hydrogens (tertiary/aromatic N) is 3. The summed E-state index contributed by atoms with van der Waals surface area (Å²) in [5, 5.41) is 7.29. The van der Waals surface area contributed by atoms with Crippen LogP contribution in [0, 0.1) is 0 Å². The van der Waals surface area contributed by atoms with Crippen molar-refractivity contribution < 1.29 is 9.53 Å². The molecule has 0 fully saturated rings. The van der Waals surface area contributed by atoms with Crippen LogP contribution < -0.4 is 10.1 Å². The number of ether oxygens (including phenoxy) is 1.